The maximum Gasteiger partial charge on any atom is 0.186 e. The third-order valence-electron chi connectivity index (χ3n) is 2.10. The zero-order valence-corrected chi connectivity index (χ0v) is 9.64. The van der Waals surface area contributed by atoms with Crippen LogP contribution in [0.5, 0.6) is 0 Å². The average molecular weight is 211 g/mol. The van der Waals surface area contributed by atoms with Gasteiger partial charge in [-0.3, -0.25) is 9.69 Å². The Kier molecular flexibility index (Phi) is 4.84. The number of hydrogen-bond donors (Lipinski definition) is 0. The van der Waals surface area contributed by atoms with Gasteiger partial charge in [0.15, 0.2) is 5.78 Å². The van der Waals surface area contributed by atoms with Gasteiger partial charge >= 0.3 is 0 Å². The molecule has 14 heavy (non-hydrogen) atoms. The SMILES string of the molecule is CCCCN(C)CC(=O)c1cccs1. The van der Waals surface area contributed by atoms with Crippen molar-refractivity contribution in [2.45, 2.75) is 19.8 Å². The molecule has 0 radical (unpaired) electrons. The highest BCUT2D eigenvalue weighted by Gasteiger charge is 2.09. The molecule has 1 rings (SSSR count). The molecule has 0 unspecified atom stereocenters. The minimum atomic E-state index is 0.235. The zero-order valence-electron chi connectivity index (χ0n) is 8.82. The van der Waals surface area contributed by atoms with E-state index in [9.17, 15) is 4.79 Å². The van der Waals surface area contributed by atoms with Gasteiger partial charge in [-0.05, 0) is 31.5 Å². The molecule has 0 atom stereocenters. The van der Waals surface area contributed by atoms with Gasteiger partial charge in [0, 0.05) is 0 Å². The van der Waals surface area contributed by atoms with E-state index in [-0.39, 0.29) is 5.78 Å². The van der Waals surface area contributed by atoms with E-state index in [2.05, 4.69) is 11.8 Å². The monoisotopic (exact) mass is 211 g/mol. The van der Waals surface area contributed by atoms with Crippen molar-refractivity contribution in [3.63, 3.8) is 0 Å². The van der Waals surface area contributed by atoms with E-state index in [4.69, 9.17) is 0 Å². The Morgan fingerprint density at radius 3 is 2.93 bits per heavy atom. The van der Waals surface area contributed by atoms with E-state index in [0.29, 0.717) is 6.54 Å². The van der Waals surface area contributed by atoms with Crippen LogP contribution in [-0.4, -0.2) is 30.8 Å². The van der Waals surface area contributed by atoms with Gasteiger partial charge in [0.25, 0.3) is 0 Å². The van der Waals surface area contributed by atoms with Gasteiger partial charge in [-0.15, -0.1) is 11.3 Å². The normalized spacial score (nSPS) is 10.8. The molecule has 2 nitrogen and oxygen atoms in total. The lowest BCUT2D eigenvalue weighted by molar-refractivity contribution is 0.0949. The Morgan fingerprint density at radius 2 is 2.36 bits per heavy atom. The van der Waals surface area contributed by atoms with Gasteiger partial charge in [0.2, 0.25) is 0 Å². The van der Waals surface area contributed by atoms with Crippen molar-refractivity contribution < 1.29 is 4.79 Å². The molecule has 1 aromatic rings. The minimum absolute atomic E-state index is 0.235. The first kappa shape index (κ1) is 11.4. The highest BCUT2D eigenvalue weighted by Crippen LogP contribution is 2.09. The van der Waals surface area contributed by atoms with E-state index in [0.717, 1.165) is 17.8 Å². The molecule has 0 aliphatic rings. The molecule has 0 fully saturated rings. The molecule has 1 aromatic heterocycles. The molecule has 0 amide bonds. The van der Waals surface area contributed by atoms with Crippen molar-refractivity contribution in [1.29, 1.82) is 0 Å². The molecular formula is C11H17NOS. The first-order chi connectivity index (χ1) is 6.74. The van der Waals surface area contributed by atoms with Crippen LogP contribution in [0.2, 0.25) is 0 Å². The van der Waals surface area contributed by atoms with Crippen LogP contribution in [0.3, 0.4) is 0 Å². The molecule has 0 saturated heterocycles. The Labute approximate surface area is 89.5 Å². The molecule has 0 aliphatic heterocycles. The number of nitrogens with zero attached hydrogens (tertiary/aromatic N) is 1. The number of unbranched alkanes of at least 4 members (excludes halogenated alkanes) is 1. The lowest BCUT2D eigenvalue weighted by atomic mass is 10.3. The minimum Gasteiger partial charge on any atom is -0.299 e. The van der Waals surface area contributed by atoms with Gasteiger partial charge in [-0.1, -0.05) is 19.4 Å². The van der Waals surface area contributed by atoms with Crippen molar-refractivity contribution in [2.75, 3.05) is 20.1 Å². The van der Waals surface area contributed by atoms with Gasteiger partial charge in [0.05, 0.1) is 11.4 Å². The highest BCUT2D eigenvalue weighted by molar-refractivity contribution is 7.12. The first-order valence-electron chi connectivity index (χ1n) is 4.99. The number of Topliss-reactive ketones (excluding diaryl/α,β-unsaturated/α-hetero) is 1. The van der Waals surface area contributed by atoms with Crippen LogP contribution in [0.15, 0.2) is 17.5 Å². The number of hydrogen-bond acceptors (Lipinski definition) is 3. The summed E-state index contributed by atoms with van der Waals surface area (Å²) < 4.78 is 0. The molecule has 78 valence electrons. The van der Waals surface area contributed by atoms with Crippen molar-refractivity contribution in [3.8, 4) is 0 Å². The molecule has 0 saturated carbocycles. The zero-order chi connectivity index (χ0) is 10.4. The number of thiophene rings is 1. The predicted octanol–water partition coefficient (Wildman–Crippen LogP) is 2.66. The van der Waals surface area contributed by atoms with Crippen LogP contribution in [0, 0.1) is 0 Å². The maximum atomic E-state index is 11.6. The smallest absolute Gasteiger partial charge is 0.186 e. The highest BCUT2D eigenvalue weighted by atomic mass is 32.1. The van der Waals surface area contributed by atoms with E-state index < -0.39 is 0 Å². The fourth-order valence-electron chi connectivity index (χ4n) is 1.27. The number of likely N-dealkylation sites (N-methyl/N-ethyl adjacent to an activating group) is 1. The lowest BCUT2D eigenvalue weighted by Crippen LogP contribution is -2.26. The van der Waals surface area contributed by atoms with Crippen LogP contribution in [-0.2, 0) is 0 Å². The topological polar surface area (TPSA) is 20.3 Å². The van der Waals surface area contributed by atoms with Gasteiger partial charge < -0.3 is 0 Å². The molecule has 0 N–H and O–H groups in total. The molecule has 0 bridgehead atoms. The summed E-state index contributed by atoms with van der Waals surface area (Å²) in [5, 5.41) is 1.94. The summed E-state index contributed by atoms with van der Waals surface area (Å²) in [6.07, 6.45) is 2.34. The van der Waals surface area contributed by atoms with Gasteiger partial charge in [-0.25, -0.2) is 0 Å². The Bertz CT molecular complexity index is 269. The average Bonchev–Trinajstić information content (AvgIpc) is 2.67. The number of carbonyl (C=O) groups is 1. The fourth-order valence-corrected chi connectivity index (χ4v) is 1.92. The first-order valence-corrected chi connectivity index (χ1v) is 5.87. The Hall–Kier alpha value is -0.670. The van der Waals surface area contributed by atoms with Crippen LogP contribution in [0.25, 0.3) is 0 Å². The Morgan fingerprint density at radius 1 is 1.57 bits per heavy atom. The van der Waals surface area contributed by atoms with Crippen LogP contribution >= 0.6 is 11.3 Å². The van der Waals surface area contributed by atoms with E-state index in [1.165, 1.54) is 17.8 Å². The number of ketones is 1. The summed E-state index contributed by atoms with van der Waals surface area (Å²) in [4.78, 5) is 14.6. The summed E-state index contributed by atoms with van der Waals surface area (Å²) in [7, 11) is 2.00. The predicted molar refractivity (Wildman–Crippen MR) is 61.1 cm³/mol. The van der Waals surface area contributed by atoms with Crippen molar-refractivity contribution in [3.05, 3.63) is 22.4 Å². The molecule has 3 heteroatoms. The van der Waals surface area contributed by atoms with Crippen LogP contribution in [0.1, 0.15) is 29.4 Å². The summed E-state index contributed by atoms with van der Waals surface area (Å²) in [6, 6.07) is 3.81. The standard InChI is InChI=1S/C11H17NOS/c1-3-4-7-12(2)9-10(13)11-6-5-8-14-11/h5-6,8H,3-4,7,9H2,1-2H3. The summed E-state index contributed by atoms with van der Waals surface area (Å²) in [5.41, 5.74) is 0. The summed E-state index contributed by atoms with van der Waals surface area (Å²) in [6.45, 7) is 3.71. The largest absolute Gasteiger partial charge is 0.299 e. The van der Waals surface area contributed by atoms with Gasteiger partial charge in [0.1, 0.15) is 0 Å². The fraction of sp³-hybridized carbons (Fsp3) is 0.545. The van der Waals surface area contributed by atoms with E-state index >= 15 is 0 Å². The Balaban J connectivity index is 2.34. The van der Waals surface area contributed by atoms with Crippen LogP contribution in [0.4, 0.5) is 0 Å². The second kappa shape index (κ2) is 5.94. The molecule has 0 aromatic carbocycles. The van der Waals surface area contributed by atoms with Crippen molar-refractivity contribution in [1.82, 2.24) is 4.90 Å². The lowest BCUT2D eigenvalue weighted by Gasteiger charge is -2.14. The third-order valence-corrected chi connectivity index (χ3v) is 3.01. The second-order valence-electron chi connectivity index (χ2n) is 3.49. The third kappa shape index (κ3) is 3.60. The second-order valence-corrected chi connectivity index (χ2v) is 4.44. The summed E-state index contributed by atoms with van der Waals surface area (Å²) in [5.74, 6) is 0.235. The van der Waals surface area contributed by atoms with E-state index in [1.807, 2.05) is 24.6 Å². The van der Waals surface area contributed by atoms with E-state index in [1.54, 1.807) is 0 Å². The molecule has 0 spiro atoms. The summed E-state index contributed by atoms with van der Waals surface area (Å²) >= 11 is 1.52. The maximum absolute atomic E-state index is 11.6. The van der Waals surface area contributed by atoms with Crippen LogP contribution < -0.4 is 0 Å². The van der Waals surface area contributed by atoms with Crippen molar-refractivity contribution in [2.24, 2.45) is 0 Å². The quantitative estimate of drug-likeness (QED) is 0.674. The molecule has 0 aliphatic carbocycles. The van der Waals surface area contributed by atoms with Crippen molar-refractivity contribution >= 4 is 17.1 Å². The van der Waals surface area contributed by atoms with Gasteiger partial charge in [-0.2, -0.15) is 0 Å². The molecular weight excluding hydrogens is 194 g/mol. The number of carbonyl (C=O) groups excluding carboxylic acids is 1. The number of rotatable bonds is 6. The molecule has 1 heterocycles.